The molecule has 0 aliphatic carbocycles. The second-order valence-corrected chi connectivity index (χ2v) is 5.19. The molecule has 7 heteroatoms. The van der Waals surface area contributed by atoms with Gasteiger partial charge < -0.3 is 4.74 Å². The first kappa shape index (κ1) is 13.6. The van der Waals surface area contributed by atoms with Gasteiger partial charge >= 0.3 is 5.97 Å². The molecule has 0 saturated carbocycles. The van der Waals surface area contributed by atoms with Gasteiger partial charge in [0.2, 0.25) is 5.16 Å². The van der Waals surface area contributed by atoms with E-state index in [0.29, 0.717) is 11.0 Å². The molecule has 1 N–H and O–H groups in total. The molecule has 6 nitrogen and oxygen atoms in total. The van der Waals surface area contributed by atoms with Crippen molar-refractivity contribution in [3.63, 3.8) is 0 Å². The molecule has 0 spiro atoms. The van der Waals surface area contributed by atoms with E-state index in [1.165, 1.54) is 18.9 Å². The number of nitrogens with zero attached hydrogens (tertiary/aromatic N) is 3. The van der Waals surface area contributed by atoms with Crippen LogP contribution < -0.4 is 0 Å². The van der Waals surface area contributed by atoms with Crippen LogP contribution in [0, 0.1) is 0 Å². The molecule has 106 valence electrons. The average molecular weight is 300 g/mol. The van der Waals surface area contributed by atoms with E-state index in [1.807, 2.05) is 30.3 Å². The zero-order valence-corrected chi connectivity index (χ0v) is 12.1. The third-order valence-corrected chi connectivity index (χ3v) is 3.70. The van der Waals surface area contributed by atoms with Crippen molar-refractivity contribution in [3.05, 3.63) is 36.5 Å². The van der Waals surface area contributed by atoms with Gasteiger partial charge in [-0.1, -0.05) is 30.0 Å². The van der Waals surface area contributed by atoms with Gasteiger partial charge in [-0.3, -0.25) is 14.9 Å². The highest BCUT2D eigenvalue weighted by atomic mass is 32.2. The van der Waals surface area contributed by atoms with Crippen LogP contribution in [0.15, 0.2) is 41.7 Å². The van der Waals surface area contributed by atoms with Gasteiger partial charge in [-0.2, -0.15) is 0 Å². The minimum Gasteiger partial charge on any atom is -0.468 e. The molecule has 21 heavy (non-hydrogen) atoms. The van der Waals surface area contributed by atoms with Gasteiger partial charge in [-0.15, -0.1) is 5.10 Å². The molecule has 0 bridgehead atoms. The van der Waals surface area contributed by atoms with Crippen molar-refractivity contribution in [2.45, 2.75) is 5.16 Å². The van der Waals surface area contributed by atoms with Crippen LogP contribution in [0.1, 0.15) is 0 Å². The molecule has 0 radical (unpaired) electrons. The summed E-state index contributed by atoms with van der Waals surface area (Å²) in [5, 5.41) is 8.47. The quantitative estimate of drug-likeness (QED) is 0.588. The third kappa shape index (κ3) is 3.03. The van der Waals surface area contributed by atoms with Crippen LogP contribution in [0.25, 0.3) is 22.3 Å². The Morgan fingerprint density at radius 1 is 1.38 bits per heavy atom. The average Bonchev–Trinajstić information content (AvgIpc) is 3.01. The van der Waals surface area contributed by atoms with E-state index in [2.05, 4.69) is 24.9 Å². The summed E-state index contributed by atoms with van der Waals surface area (Å²) in [5.74, 6) is 0.503. The van der Waals surface area contributed by atoms with Crippen LogP contribution in [-0.2, 0) is 9.53 Å². The molecular weight excluding hydrogens is 288 g/mol. The van der Waals surface area contributed by atoms with E-state index in [-0.39, 0.29) is 11.7 Å². The molecule has 0 amide bonds. The molecule has 3 rings (SSSR count). The van der Waals surface area contributed by atoms with Gasteiger partial charge in [0, 0.05) is 17.1 Å². The molecule has 0 aliphatic rings. The summed E-state index contributed by atoms with van der Waals surface area (Å²) >= 11 is 1.22. The van der Waals surface area contributed by atoms with Crippen molar-refractivity contribution in [2.24, 2.45) is 0 Å². The lowest BCUT2D eigenvalue weighted by Gasteiger charge is -1.99. The van der Waals surface area contributed by atoms with Crippen molar-refractivity contribution in [2.75, 3.05) is 12.9 Å². The van der Waals surface area contributed by atoms with Crippen LogP contribution in [0.5, 0.6) is 0 Å². The minimum absolute atomic E-state index is 0.184. The lowest BCUT2D eigenvalue weighted by atomic mass is 10.1. The number of esters is 1. The predicted octanol–water partition coefficient (Wildman–Crippen LogP) is 2.29. The summed E-state index contributed by atoms with van der Waals surface area (Å²) in [5.41, 5.74) is 1.78. The summed E-state index contributed by atoms with van der Waals surface area (Å²) in [7, 11) is 1.35. The molecule has 0 saturated heterocycles. The number of carbonyl (C=O) groups is 1. The molecule has 2 aromatic heterocycles. The van der Waals surface area contributed by atoms with Gasteiger partial charge in [0.1, 0.15) is 0 Å². The standard InChI is InChI=1S/C14H12N4O2S/c1-20-12(19)8-21-14-16-13(17-18-14)10-6-9-4-2-3-5-11(9)15-7-10/h2-7H,8H2,1H3,(H,16,17,18). The molecular formula is C14H12N4O2S. The summed E-state index contributed by atoms with van der Waals surface area (Å²) in [4.78, 5) is 19.8. The Morgan fingerprint density at radius 2 is 2.24 bits per heavy atom. The smallest absolute Gasteiger partial charge is 0.316 e. The van der Waals surface area contributed by atoms with Gasteiger partial charge in [-0.05, 0) is 12.1 Å². The van der Waals surface area contributed by atoms with E-state index in [4.69, 9.17) is 0 Å². The number of aromatic amines is 1. The number of ether oxygens (including phenoxy) is 1. The lowest BCUT2D eigenvalue weighted by Crippen LogP contribution is -2.03. The Hall–Kier alpha value is -2.41. The zero-order valence-electron chi connectivity index (χ0n) is 11.2. The Labute approximate surface area is 124 Å². The first-order valence-electron chi connectivity index (χ1n) is 6.23. The van der Waals surface area contributed by atoms with Crippen molar-refractivity contribution in [3.8, 4) is 11.4 Å². The van der Waals surface area contributed by atoms with E-state index >= 15 is 0 Å². The van der Waals surface area contributed by atoms with Crippen molar-refractivity contribution in [1.29, 1.82) is 0 Å². The van der Waals surface area contributed by atoms with E-state index in [1.54, 1.807) is 6.20 Å². The monoisotopic (exact) mass is 300 g/mol. The van der Waals surface area contributed by atoms with Gasteiger partial charge in [0.25, 0.3) is 0 Å². The van der Waals surface area contributed by atoms with Gasteiger partial charge in [0.05, 0.1) is 18.4 Å². The summed E-state index contributed by atoms with van der Waals surface area (Å²) in [6.45, 7) is 0. The van der Waals surface area contributed by atoms with E-state index in [9.17, 15) is 4.79 Å². The highest BCUT2D eigenvalue weighted by molar-refractivity contribution is 7.99. The Bertz CT molecular complexity index is 787. The number of aromatic nitrogens is 4. The second kappa shape index (κ2) is 5.92. The normalized spacial score (nSPS) is 10.7. The van der Waals surface area contributed by atoms with Crippen LogP contribution in [0.2, 0.25) is 0 Å². The Balaban J connectivity index is 1.82. The number of hydrogen-bond donors (Lipinski definition) is 1. The second-order valence-electron chi connectivity index (χ2n) is 4.25. The molecule has 0 fully saturated rings. The number of rotatable bonds is 4. The maximum Gasteiger partial charge on any atom is 0.316 e. The zero-order chi connectivity index (χ0) is 14.7. The maximum atomic E-state index is 11.1. The van der Waals surface area contributed by atoms with Crippen molar-refractivity contribution >= 4 is 28.6 Å². The Morgan fingerprint density at radius 3 is 3.10 bits per heavy atom. The molecule has 1 aromatic carbocycles. The fraction of sp³-hybridized carbons (Fsp3) is 0.143. The van der Waals surface area contributed by atoms with Crippen molar-refractivity contribution < 1.29 is 9.53 Å². The lowest BCUT2D eigenvalue weighted by molar-refractivity contribution is -0.137. The van der Waals surface area contributed by atoms with Crippen LogP contribution >= 0.6 is 11.8 Å². The largest absolute Gasteiger partial charge is 0.468 e. The van der Waals surface area contributed by atoms with E-state index in [0.717, 1.165) is 16.5 Å². The summed E-state index contributed by atoms with van der Waals surface area (Å²) < 4.78 is 4.58. The molecule has 0 atom stereocenters. The van der Waals surface area contributed by atoms with Crippen LogP contribution in [0.3, 0.4) is 0 Å². The van der Waals surface area contributed by atoms with E-state index < -0.39 is 0 Å². The van der Waals surface area contributed by atoms with Crippen LogP contribution in [-0.4, -0.2) is 39.0 Å². The molecule has 0 aliphatic heterocycles. The SMILES string of the molecule is COC(=O)CSc1n[nH]c(-c2cnc3ccccc3c2)n1. The maximum absolute atomic E-state index is 11.1. The molecule has 0 unspecified atom stereocenters. The molecule has 2 heterocycles. The van der Waals surface area contributed by atoms with Gasteiger partial charge in [0.15, 0.2) is 5.82 Å². The van der Waals surface area contributed by atoms with Crippen molar-refractivity contribution in [1.82, 2.24) is 20.2 Å². The number of fused-ring (bicyclic) bond motifs is 1. The first-order chi connectivity index (χ1) is 10.3. The number of H-pyrrole nitrogens is 1. The summed E-state index contributed by atoms with van der Waals surface area (Å²) in [6.07, 6.45) is 1.75. The minimum atomic E-state index is -0.307. The first-order valence-corrected chi connectivity index (χ1v) is 7.22. The van der Waals surface area contributed by atoms with Gasteiger partial charge in [-0.25, -0.2) is 4.98 Å². The summed E-state index contributed by atoms with van der Waals surface area (Å²) in [6, 6.07) is 9.86. The number of benzene rings is 1. The number of thioether (sulfide) groups is 1. The topological polar surface area (TPSA) is 80.8 Å². The predicted molar refractivity (Wildman–Crippen MR) is 79.9 cm³/mol. The number of nitrogens with one attached hydrogen (secondary N) is 1. The van der Waals surface area contributed by atoms with Crippen LogP contribution in [0.4, 0.5) is 0 Å². The number of para-hydroxylation sites is 1. The number of carbonyl (C=O) groups excluding carboxylic acids is 1. The fourth-order valence-corrected chi connectivity index (χ4v) is 2.45. The number of hydrogen-bond acceptors (Lipinski definition) is 6. The third-order valence-electron chi connectivity index (χ3n) is 2.88. The fourth-order valence-electron chi connectivity index (χ4n) is 1.82. The number of methoxy groups -OCH3 is 1. The highest BCUT2D eigenvalue weighted by Gasteiger charge is 2.09. The Kier molecular flexibility index (Phi) is 3.83. The molecule has 3 aromatic rings. The number of pyridine rings is 1. The highest BCUT2D eigenvalue weighted by Crippen LogP contribution is 2.21.